The number of likely N-dealkylation sites (tertiary alicyclic amines) is 1. The topological polar surface area (TPSA) is 143 Å². The van der Waals surface area contributed by atoms with Crippen LogP contribution in [0.2, 0.25) is 5.02 Å². The third-order valence-electron chi connectivity index (χ3n) is 7.43. The average molecular weight is 671 g/mol. The van der Waals surface area contributed by atoms with Crippen molar-refractivity contribution in [1.82, 2.24) is 30.8 Å². The number of amides is 4. The summed E-state index contributed by atoms with van der Waals surface area (Å²) in [5, 5.41) is 9.36. The summed E-state index contributed by atoms with van der Waals surface area (Å²) < 4.78 is 6.97. The summed E-state index contributed by atoms with van der Waals surface area (Å²) in [7, 11) is 0. The highest BCUT2D eigenvalue weighted by Crippen LogP contribution is 2.29. The van der Waals surface area contributed by atoms with Crippen LogP contribution in [-0.4, -0.2) is 74.8 Å². The number of rotatable bonds is 10. The molecule has 1 aliphatic rings. The maximum absolute atomic E-state index is 14.3. The van der Waals surface area contributed by atoms with E-state index in [4.69, 9.17) is 16.3 Å². The first-order valence-electron chi connectivity index (χ1n) is 15.4. The van der Waals surface area contributed by atoms with Crippen molar-refractivity contribution in [1.29, 1.82) is 0 Å². The Morgan fingerprint density at radius 3 is 2.39 bits per heavy atom. The predicted octanol–water partition coefficient (Wildman–Crippen LogP) is 5.37. The number of hydrogen-bond donors (Lipinski definition) is 3. The van der Waals surface area contributed by atoms with Crippen LogP contribution in [0.1, 0.15) is 77.5 Å². The predicted molar refractivity (Wildman–Crippen MR) is 179 cm³/mol. The number of ether oxygens (including phenoxy) is 1. The van der Waals surface area contributed by atoms with Gasteiger partial charge in [-0.1, -0.05) is 57.8 Å². The van der Waals surface area contributed by atoms with Crippen LogP contribution in [0.5, 0.6) is 5.88 Å². The fraction of sp³-hybridized carbons (Fsp3) is 0.515. The van der Waals surface area contributed by atoms with E-state index in [1.807, 2.05) is 72.7 Å². The lowest BCUT2D eigenvalue weighted by molar-refractivity contribution is -0.142. The molecule has 0 bridgehead atoms. The second-order valence-electron chi connectivity index (χ2n) is 13.6. The third kappa shape index (κ3) is 8.94. The number of fused-ring (bicyclic) bond motifs is 1. The number of urea groups is 1. The van der Waals surface area contributed by atoms with Gasteiger partial charge >= 0.3 is 6.03 Å². The fourth-order valence-corrected chi connectivity index (χ4v) is 6.32. The zero-order chi connectivity index (χ0) is 33.8. The number of halogens is 1. The van der Waals surface area contributed by atoms with E-state index in [1.165, 1.54) is 22.4 Å². The molecule has 3 heterocycles. The zero-order valence-corrected chi connectivity index (χ0v) is 28.9. The largest absolute Gasteiger partial charge is 0.472 e. The number of nitrogens with zero attached hydrogens (tertiary/aromatic N) is 3. The van der Waals surface area contributed by atoms with E-state index >= 15 is 0 Å². The Morgan fingerprint density at radius 1 is 1.07 bits per heavy atom. The number of para-hydroxylation sites is 1. The van der Waals surface area contributed by atoms with Gasteiger partial charge in [0.05, 0.1) is 27.8 Å². The number of ketones is 1. The molecule has 248 valence electrons. The number of thiazole rings is 1. The molecule has 1 unspecified atom stereocenters. The molecule has 1 aromatic carbocycles. The molecule has 4 atom stereocenters. The Kier molecular flexibility index (Phi) is 10.9. The van der Waals surface area contributed by atoms with E-state index in [0.29, 0.717) is 28.8 Å². The molecule has 0 aliphatic carbocycles. The second-order valence-corrected chi connectivity index (χ2v) is 15.1. The van der Waals surface area contributed by atoms with Gasteiger partial charge in [0.25, 0.3) is 0 Å². The van der Waals surface area contributed by atoms with Gasteiger partial charge in [-0.25, -0.2) is 14.8 Å². The van der Waals surface area contributed by atoms with Gasteiger partial charge in [0, 0.05) is 24.2 Å². The highest BCUT2D eigenvalue weighted by molar-refractivity contribution is 7.20. The molecule has 4 amide bonds. The number of carbonyl (C=O) groups is 4. The molecule has 0 spiro atoms. The molecule has 46 heavy (non-hydrogen) atoms. The van der Waals surface area contributed by atoms with Crippen molar-refractivity contribution in [2.75, 3.05) is 6.54 Å². The molecule has 1 saturated heterocycles. The van der Waals surface area contributed by atoms with Gasteiger partial charge < -0.3 is 25.6 Å². The van der Waals surface area contributed by atoms with Crippen LogP contribution in [0.25, 0.3) is 10.2 Å². The van der Waals surface area contributed by atoms with Crippen LogP contribution in [0.3, 0.4) is 0 Å². The lowest BCUT2D eigenvalue weighted by Crippen LogP contribution is -2.61. The minimum atomic E-state index is -0.968. The summed E-state index contributed by atoms with van der Waals surface area (Å²) in [6.45, 7) is 13.1. The van der Waals surface area contributed by atoms with Crippen LogP contribution < -0.4 is 20.7 Å². The monoisotopic (exact) mass is 670 g/mol. The molecule has 0 saturated carbocycles. The molecule has 3 aromatic rings. The van der Waals surface area contributed by atoms with E-state index in [0.717, 1.165) is 10.2 Å². The second kappa shape index (κ2) is 14.3. The first kappa shape index (κ1) is 35.1. The minimum absolute atomic E-state index is 0.0701. The number of benzene rings is 1. The van der Waals surface area contributed by atoms with Crippen LogP contribution in [-0.2, 0) is 9.59 Å². The van der Waals surface area contributed by atoms with Crippen molar-refractivity contribution in [3.05, 3.63) is 52.6 Å². The molecule has 1 aliphatic heterocycles. The SMILES string of the molecule is CCCC(NC(=O)[C@H]1C[C@@H](Oc2ccc(Cl)cn2)CN1C(=O)[C@H](NC(=O)NC(C)(C)C)C(C)(C)C)C(=O)c1nc2ccccc2s1. The molecule has 0 radical (unpaired) electrons. The summed E-state index contributed by atoms with van der Waals surface area (Å²) in [4.78, 5) is 65.0. The van der Waals surface area contributed by atoms with Gasteiger partial charge in [-0.3, -0.25) is 14.4 Å². The summed E-state index contributed by atoms with van der Waals surface area (Å²) in [6, 6.07) is 7.48. The maximum atomic E-state index is 14.3. The molecule has 3 N–H and O–H groups in total. The zero-order valence-electron chi connectivity index (χ0n) is 27.3. The molecular weight excluding hydrogens is 628 g/mol. The van der Waals surface area contributed by atoms with E-state index in [9.17, 15) is 19.2 Å². The van der Waals surface area contributed by atoms with Gasteiger partial charge in [0.15, 0.2) is 5.01 Å². The molecular formula is C33H43ClN6O5S. The number of nitrogens with one attached hydrogen (secondary N) is 3. The van der Waals surface area contributed by atoms with Crippen molar-refractivity contribution in [2.24, 2.45) is 5.41 Å². The normalized spacial score (nSPS) is 18.1. The number of aromatic nitrogens is 2. The first-order valence-corrected chi connectivity index (χ1v) is 16.6. The van der Waals surface area contributed by atoms with Crippen LogP contribution in [0.15, 0.2) is 42.6 Å². The van der Waals surface area contributed by atoms with Gasteiger partial charge in [-0.15, -0.1) is 11.3 Å². The van der Waals surface area contributed by atoms with Crippen molar-refractivity contribution in [3.8, 4) is 5.88 Å². The lowest BCUT2D eigenvalue weighted by Gasteiger charge is -2.36. The standard InChI is InChI=1S/C33H43ClN6O5S/c1-8-11-22(26(41)29-37-21-12-9-10-13-24(21)46-29)36-28(42)23-16-20(45-25-15-14-19(34)17-35-25)18-40(23)30(43)27(32(2,3)4)38-31(44)39-33(5,6)7/h9-10,12-15,17,20,22-23,27H,8,11,16,18H2,1-7H3,(H,36,42)(H2,38,39,44)/t20-,22?,23-,27+/m1/s1. The average Bonchev–Trinajstić information content (AvgIpc) is 3.59. The Hall–Kier alpha value is -3.77. The summed E-state index contributed by atoms with van der Waals surface area (Å²) >= 11 is 7.27. The van der Waals surface area contributed by atoms with Gasteiger partial charge in [0.1, 0.15) is 18.2 Å². The number of carbonyl (C=O) groups excluding carboxylic acids is 4. The van der Waals surface area contributed by atoms with E-state index in [1.54, 1.807) is 12.1 Å². The molecule has 2 aromatic heterocycles. The van der Waals surface area contributed by atoms with Crippen LogP contribution in [0, 0.1) is 5.41 Å². The van der Waals surface area contributed by atoms with E-state index in [2.05, 4.69) is 25.9 Å². The Labute approximate surface area is 278 Å². The lowest BCUT2D eigenvalue weighted by atomic mass is 9.85. The van der Waals surface area contributed by atoms with Gasteiger partial charge in [-0.2, -0.15) is 0 Å². The van der Waals surface area contributed by atoms with Gasteiger partial charge in [0.2, 0.25) is 23.5 Å². The number of hydrogen-bond acceptors (Lipinski definition) is 8. The first-order chi connectivity index (χ1) is 21.6. The molecule has 11 nitrogen and oxygen atoms in total. The smallest absolute Gasteiger partial charge is 0.315 e. The quantitative estimate of drug-likeness (QED) is 0.246. The third-order valence-corrected chi connectivity index (χ3v) is 8.70. The Morgan fingerprint density at radius 2 is 1.78 bits per heavy atom. The molecule has 1 fully saturated rings. The van der Waals surface area contributed by atoms with Crippen molar-refractivity contribution >= 4 is 56.8 Å². The summed E-state index contributed by atoms with van der Waals surface area (Å²) in [6.07, 6.45) is 2.06. The Balaban J connectivity index is 1.60. The maximum Gasteiger partial charge on any atom is 0.315 e. The van der Waals surface area contributed by atoms with Crippen molar-refractivity contribution in [2.45, 2.75) is 97.5 Å². The van der Waals surface area contributed by atoms with Crippen LogP contribution in [0.4, 0.5) is 4.79 Å². The fourth-order valence-electron chi connectivity index (χ4n) is 5.25. The van der Waals surface area contributed by atoms with Crippen LogP contribution >= 0.6 is 22.9 Å². The van der Waals surface area contributed by atoms with E-state index in [-0.39, 0.29) is 18.7 Å². The van der Waals surface area contributed by atoms with E-state index < -0.39 is 53.0 Å². The summed E-state index contributed by atoms with van der Waals surface area (Å²) in [5.41, 5.74) is -0.505. The van der Waals surface area contributed by atoms with Crippen molar-refractivity contribution in [3.63, 3.8) is 0 Å². The number of Topliss-reactive ketones (excluding diaryl/α,β-unsaturated/α-hetero) is 1. The molecule has 13 heteroatoms. The number of pyridine rings is 1. The minimum Gasteiger partial charge on any atom is -0.472 e. The highest BCUT2D eigenvalue weighted by atomic mass is 35.5. The van der Waals surface area contributed by atoms with Crippen molar-refractivity contribution < 1.29 is 23.9 Å². The van der Waals surface area contributed by atoms with Gasteiger partial charge in [-0.05, 0) is 50.8 Å². The highest BCUT2D eigenvalue weighted by Gasteiger charge is 2.46. The molecule has 4 rings (SSSR count). The Bertz CT molecular complexity index is 1530. The summed E-state index contributed by atoms with van der Waals surface area (Å²) in [5.74, 6) is -0.897.